The topological polar surface area (TPSA) is 81.7 Å². The van der Waals surface area contributed by atoms with Crippen molar-refractivity contribution in [1.29, 1.82) is 0 Å². The van der Waals surface area contributed by atoms with Gasteiger partial charge in [-0.3, -0.25) is 0 Å². The molecule has 0 saturated carbocycles. The SMILES string of the molecule is O=C1OC2(c3ccccc31)c1cc(Br)c([O-])c(Br)c1Oc1c2cc(Br)c([O-])c1Br. The average Bonchev–Trinajstić information content (AvgIpc) is 3.00. The van der Waals surface area contributed by atoms with Crippen LogP contribution >= 0.6 is 63.7 Å². The van der Waals surface area contributed by atoms with Gasteiger partial charge in [-0.25, -0.2) is 4.79 Å². The zero-order valence-electron chi connectivity index (χ0n) is 14.0. The molecule has 0 aromatic heterocycles. The molecule has 0 N–H and O–H groups in total. The predicted octanol–water partition coefficient (Wildman–Crippen LogP) is 5.45. The zero-order valence-corrected chi connectivity index (χ0v) is 20.4. The normalized spacial score (nSPS) is 15.4. The lowest BCUT2D eigenvalue weighted by molar-refractivity contribution is -0.271. The fraction of sp³-hybridized carbons (Fsp3) is 0.0500. The van der Waals surface area contributed by atoms with E-state index in [4.69, 9.17) is 9.47 Å². The van der Waals surface area contributed by atoms with E-state index in [1.165, 1.54) is 0 Å². The molecule has 9 heteroatoms. The van der Waals surface area contributed by atoms with Crippen molar-refractivity contribution >= 4 is 69.7 Å². The van der Waals surface area contributed by atoms with Crippen LogP contribution in [0.4, 0.5) is 0 Å². The number of benzene rings is 3. The van der Waals surface area contributed by atoms with Gasteiger partial charge < -0.3 is 19.7 Å². The smallest absolute Gasteiger partial charge is 0.340 e. The summed E-state index contributed by atoms with van der Waals surface area (Å²) in [6.07, 6.45) is 0. The summed E-state index contributed by atoms with van der Waals surface area (Å²) in [5.41, 5.74) is 0.570. The maximum atomic E-state index is 12.8. The number of esters is 1. The van der Waals surface area contributed by atoms with Gasteiger partial charge >= 0.3 is 5.97 Å². The Kier molecular flexibility index (Phi) is 4.33. The van der Waals surface area contributed by atoms with Crippen LogP contribution in [0.3, 0.4) is 0 Å². The molecule has 29 heavy (non-hydrogen) atoms. The lowest BCUT2D eigenvalue weighted by Crippen LogP contribution is -2.33. The minimum atomic E-state index is -1.38. The molecule has 5 nitrogen and oxygen atoms in total. The molecule has 3 aromatic carbocycles. The highest BCUT2D eigenvalue weighted by Gasteiger charge is 2.54. The Morgan fingerprint density at radius 3 is 1.86 bits per heavy atom. The van der Waals surface area contributed by atoms with Crippen LogP contribution in [-0.4, -0.2) is 5.97 Å². The summed E-state index contributed by atoms with van der Waals surface area (Å²) >= 11 is 13.2. The molecule has 0 saturated heterocycles. The quantitative estimate of drug-likeness (QED) is 0.304. The van der Waals surface area contributed by atoms with Gasteiger partial charge in [0.05, 0.1) is 14.5 Å². The molecule has 1 spiro atoms. The summed E-state index contributed by atoms with van der Waals surface area (Å²) in [7, 11) is 0. The first-order valence-corrected chi connectivity index (χ1v) is 11.3. The van der Waals surface area contributed by atoms with Gasteiger partial charge in [-0.1, -0.05) is 61.6 Å². The Balaban J connectivity index is 1.99. The summed E-state index contributed by atoms with van der Waals surface area (Å²) in [6.45, 7) is 0. The maximum Gasteiger partial charge on any atom is 0.340 e. The minimum Gasteiger partial charge on any atom is -0.871 e. The van der Waals surface area contributed by atoms with Crippen LogP contribution in [0.15, 0.2) is 54.3 Å². The van der Waals surface area contributed by atoms with Crippen LogP contribution in [0.1, 0.15) is 27.0 Å². The maximum absolute atomic E-state index is 12.8. The van der Waals surface area contributed by atoms with Crippen LogP contribution in [-0.2, 0) is 10.3 Å². The van der Waals surface area contributed by atoms with E-state index < -0.39 is 11.6 Å². The van der Waals surface area contributed by atoms with Crippen LogP contribution in [0.5, 0.6) is 23.0 Å². The summed E-state index contributed by atoms with van der Waals surface area (Å²) in [6, 6.07) is 10.2. The second-order valence-electron chi connectivity index (χ2n) is 6.47. The summed E-state index contributed by atoms with van der Waals surface area (Å²) in [4.78, 5) is 12.8. The fourth-order valence-corrected chi connectivity index (χ4v) is 6.16. The Bertz CT molecular complexity index is 1190. The number of carbonyl (C=O) groups excluding carboxylic acids is 1. The number of ether oxygens (including phenoxy) is 2. The molecule has 3 aromatic rings. The number of halogens is 4. The average molecular weight is 646 g/mol. The molecule has 0 bridgehead atoms. The molecule has 0 atom stereocenters. The third-order valence-electron chi connectivity index (χ3n) is 5.00. The molecule has 2 heterocycles. The van der Waals surface area contributed by atoms with E-state index in [2.05, 4.69) is 63.7 Å². The Morgan fingerprint density at radius 2 is 1.31 bits per heavy atom. The number of hydrogen-bond donors (Lipinski definition) is 0. The molecule has 0 fully saturated rings. The van der Waals surface area contributed by atoms with Gasteiger partial charge in [0.25, 0.3) is 0 Å². The highest BCUT2D eigenvalue weighted by atomic mass is 79.9. The molecule has 2 aliphatic rings. The van der Waals surface area contributed by atoms with Crippen molar-refractivity contribution in [3.05, 3.63) is 76.5 Å². The van der Waals surface area contributed by atoms with E-state index in [0.29, 0.717) is 22.3 Å². The molecule has 0 amide bonds. The first-order chi connectivity index (χ1) is 13.8. The van der Waals surface area contributed by atoms with Crippen LogP contribution in [0, 0.1) is 0 Å². The zero-order chi connectivity index (χ0) is 20.7. The van der Waals surface area contributed by atoms with E-state index in [1.807, 2.05) is 0 Å². The van der Waals surface area contributed by atoms with Gasteiger partial charge in [0.2, 0.25) is 0 Å². The van der Waals surface area contributed by atoms with Crippen LogP contribution < -0.4 is 14.9 Å². The Morgan fingerprint density at radius 1 is 0.793 bits per heavy atom. The predicted molar refractivity (Wildman–Crippen MR) is 114 cm³/mol. The number of carbonyl (C=O) groups is 1. The highest BCUT2D eigenvalue weighted by Crippen LogP contribution is 2.61. The van der Waals surface area contributed by atoms with E-state index in [1.54, 1.807) is 36.4 Å². The van der Waals surface area contributed by atoms with Crippen molar-refractivity contribution in [3.8, 4) is 23.0 Å². The molecule has 0 radical (unpaired) electrons. The minimum absolute atomic E-state index is 0.162. The lowest BCUT2D eigenvalue weighted by Gasteiger charge is -2.39. The molecule has 146 valence electrons. The second kappa shape index (κ2) is 6.47. The molecule has 2 aliphatic heterocycles. The van der Waals surface area contributed by atoms with E-state index in [0.717, 1.165) is 0 Å². The standard InChI is InChI=1S/C20H8Br4O5/c21-11-5-9-17(13(23)15(11)25)28-18-10(6-12(22)16(26)14(18)24)20(9)8-4-2-1-3-7(8)19(27)29-20/h1-6,25-26H/p-2. The summed E-state index contributed by atoms with van der Waals surface area (Å²) in [5.74, 6) is -0.766. The van der Waals surface area contributed by atoms with Crippen LogP contribution in [0.2, 0.25) is 0 Å². The van der Waals surface area contributed by atoms with Crippen molar-refractivity contribution in [2.45, 2.75) is 5.60 Å². The fourth-order valence-electron chi connectivity index (χ4n) is 3.75. The van der Waals surface area contributed by atoms with Crippen molar-refractivity contribution in [1.82, 2.24) is 0 Å². The van der Waals surface area contributed by atoms with Gasteiger partial charge in [-0.05, 0) is 50.1 Å². The first-order valence-electron chi connectivity index (χ1n) is 8.17. The number of fused-ring (bicyclic) bond motifs is 6. The van der Waals surface area contributed by atoms with Crippen molar-refractivity contribution in [2.75, 3.05) is 0 Å². The first kappa shape index (κ1) is 19.4. The number of hydrogen-bond acceptors (Lipinski definition) is 5. The molecular formula is C20H6Br4O5-2. The van der Waals surface area contributed by atoms with Crippen molar-refractivity contribution in [3.63, 3.8) is 0 Å². The van der Waals surface area contributed by atoms with Gasteiger partial charge in [-0.2, -0.15) is 0 Å². The van der Waals surface area contributed by atoms with Crippen LogP contribution in [0.25, 0.3) is 0 Å². The second-order valence-corrected chi connectivity index (χ2v) is 9.77. The highest BCUT2D eigenvalue weighted by molar-refractivity contribution is 9.11. The molecule has 0 aliphatic carbocycles. The van der Waals surface area contributed by atoms with E-state index in [-0.39, 0.29) is 40.9 Å². The Labute approximate surface area is 198 Å². The molecular weight excluding hydrogens is 640 g/mol. The molecule has 5 rings (SSSR count). The van der Waals surface area contributed by atoms with Crippen molar-refractivity contribution in [2.24, 2.45) is 0 Å². The van der Waals surface area contributed by atoms with Gasteiger partial charge in [0.15, 0.2) is 5.60 Å². The van der Waals surface area contributed by atoms with E-state index in [9.17, 15) is 15.0 Å². The van der Waals surface area contributed by atoms with Gasteiger partial charge in [0.1, 0.15) is 11.5 Å². The molecule has 0 unspecified atom stereocenters. The Hall–Kier alpha value is -1.55. The lowest BCUT2D eigenvalue weighted by atomic mass is 9.77. The summed E-state index contributed by atoms with van der Waals surface area (Å²) < 4.78 is 12.9. The third kappa shape index (κ3) is 2.44. The van der Waals surface area contributed by atoms with Crippen molar-refractivity contribution < 1.29 is 24.5 Å². The van der Waals surface area contributed by atoms with Gasteiger partial charge in [0, 0.05) is 25.6 Å². The summed E-state index contributed by atoms with van der Waals surface area (Å²) in [5, 5.41) is 25.0. The number of rotatable bonds is 0. The van der Waals surface area contributed by atoms with E-state index >= 15 is 0 Å². The monoisotopic (exact) mass is 642 g/mol. The largest absolute Gasteiger partial charge is 0.871 e. The third-order valence-corrected chi connectivity index (χ3v) is 7.62. The van der Waals surface area contributed by atoms with Gasteiger partial charge in [-0.15, -0.1) is 0 Å².